The van der Waals surface area contributed by atoms with Gasteiger partial charge in [0.15, 0.2) is 0 Å². The summed E-state index contributed by atoms with van der Waals surface area (Å²) in [5.41, 5.74) is 6.07. The average molecular weight is 402 g/mol. The largest absolute Gasteiger partial charge is 0.478 e. The van der Waals surface area contributed by atoms with Gasteiger partial charge in [-0.3, -0.25) is 0 Å². The van der Waals surface area contributed by atoms with Crippen LogP contribution in [0.15, 0.2) is 42.5 Å². The van der Waals surface area contributed by atoms with Gasteiger partial charge in [0.05, 0.1) is 22.5 Å². The van der Waals surface area contributed by atoms with Gasteiger partial charge in [-0.05, 0) is 85.4 Å². The van der Waals surface area contributed by atoms with Gasteiger partial charge < -0.3 is 10.0 Å². The summed E-state index contributed by atoms with van der Waals surface area (Å²) in [4.78, 5) is 18.8. The summed E-state index contributed by atoms with van der Waals surface area (Å²) in [6.07, 6.45) is 6.21. The van der Waals surface area contributed by atoms with Gasteiger partial charge in [-0.1, -0.05) is 6.07 Å². The fourth-order valence-corrected chi connectivity index (χ4v) is 4.67. The Morgan fingerprint density at radius 2 is 2.03 bits per heavy atom. The van der Waals surface area contributed by atoms with Crippen molar-refractivity contribution in [2.24, 2.45) is 0 Å². The summed E-state index contributed by atoms with van der Waals surface area (Å²) in [5.74, 6) is -1.16. The highest BCUT2D eigenvalue weighted by atomic mass is 19.1. The van der Waals surface area contributed by atoms with Gasteiger partial charge in [0, 0.05) is 24.4 Å². The van der Waals surface area contributed by atoms with Crippen molar-refractivity contribution in [3.8, 4) is 0 Å². The van der Waals surface area contributed by atoms with Crippen molar-refractivity contribution in [1.29, 1.82) is 0 Å². The van der Waals surface area contributed by atoms with Crippen molar-refractivity contribution in [3.63, 3.8) is 0 Å². The molecule has 30 heavy (non-hydrogen) atoms. The third kappa shape index (κ3) is 3.24. The van der Waals surface area contributed by atoms with E-state index in [1.807, 2.05) is 6.07 Å². The standard InChI is InChI=1S/C25H23FN2O2/c1-15-4-2-3-9-28(15)23-14-19-11-17(25(29)30)6-8-22(19)27-24(23)20-10-16-5-7-21(26)13-18(16)12-20/h5-8,10-11,13-15H,2-4,9,12H2,1H3,(H,29,30)/t15-/m0/s1. The molecule has 1 atom stereocenters. The second-order valence-corrected chi connectivity index (χ2v) is 8.30. The number of hydrogen-bond acceptors (Lipinski definition) is 3. The zero-order chi connectivity index (χ0) is 20.8. The zero-order valence-corrected chi connectivity index (χ0v) is 16.9. The zero-order valence-electron chi connectivity index (χ0n) is 16.9. The Bertz CT molecular complexity index is 1200. The Labute approximate surface area is 174 Å². The van der Waals surface area contributed by atoms with Crippen LogP contribution in [-0.4, -0.2) is 28.6 Å². The molecule has 0 unspecified atom stereocenters. The number of aromatic carboxylic acids is 1. The van der Waals surface area contributed by atoms with Gasteiger partial charge in [0.2, 0.25) is 0 Å². The van der Waals surface area contributed by atoms with Crippen LogP contribution in [0.1, 0.15) is 53.4 Å². The molecular formula is C25H23FN2O2. The number of pyridine rings is 1. The molecule has 5 heteroatoms. The lowest BCUT2D eigenvalue weighted by molar-refractivity contribution is 0.0697. The highest BCUT2D eigenvalue weighted by molar-refractivity contribution is 5.98. The van der Waals surface area contributed by atoms with E-state index in [1.165, 1.54) is 12.5 Å². The van der Waals surface area contributed by atoms with Crippen LogP contribution < -0.4 is 4.90 Å². The molecule has 1 saturated heterocycles. The maximum atomic E-state index is 13.7. The first kappa shape index (κ1) is 18.8. The van der Waals surface area contributed by atoms with Crippen LogP contribution in [0.2, 0.25) is 0 Å². The minimum atomic E-state index is -0.940. The molecule has 152 valence electrons. The lowest BCUT2D eigenvalue weighted by Gasteiger charge is -2.36. The number of carboxylic acids is 1. The van der Waals surface area contributed by atoms with Crippen LogP contribution in [-0.2, 0) is 6.42 Å². The van der Waals surface area contributed by atoms with Crippen molar-refractivity contribution < 1.29 is 14.3 Å². The maximum Gasteiger partial charge on any atom is 0.335 e. The van der Waals surface area contributed by atoms with E-state index in [0.717, 1.165) is 58.4 Å². The minimum Gasteiger partial charge on any atom is -0.478 e. The molecule has 1 aliphatic heterocycles. The molecule has 0 amide bonds. The van der Waals surface area contributed by atoms with Crippen LogP contribution in [0.25, 0.3) is 22.6 Å². The van der Waals surface area contributed by atoms with E-state index in [-0.39, 0.29) is 11.4 Å². The smallest absolute Gasteiger partial charge is 0.335 e. The number of rotatable bonds is 3. The maximum absolute atomic E-state index is 13.7. The highest BCUT2D eigenvalue weighted by Gasteiger charge is 2.26. The van der Waals surface area contributed by atoms with E-state index in [9.17, 15) is 14.3 Å². The van der Waals surface area contributed by atoms with Gasteiger partial charge in [0.25, 0.3) is 0 Å². The first-order valence-electron chi connectivity index (χ1n) is 10.4. The summed E-state index contributed by atoms with van der Waals surface area (Å²) in [7, 11) is 0. The number of halogens is 1. The van der Waals surface area contributed by atoms with Crippen LogP contribution in [0.5, 0.6) is 0 Å². The van der Waals surface area contributed by atoms with E-state index >= 15 is 0 Å². The number of carbonyl (C=O) groups is 1. The molecule has 2 heterocycles. The summed E-state index contributed by atoms with van der Waals surface area (Å²) in [6.45, 7) is 3.18. The molecule has 0 radical (unpaired) electrons. The minimum absolute atomic E-state index is 0.221. The second-order valence-electron chi connectivity index (χ2n) is 8.30. The summed E-state index contributed by atoms with van der Waals surface area (Å²) in [6, 6.07) is 12.4. The van der Waals surface area contributed by atoms with Crippen molar-refractivity contribution in [2.75, 3.05) is 11.4 Å². The van der Waals surface area contributed by atoms with Gasteiger partial charge in [-0.25, -0.2) is 14.2 Å². The predicted molar refractivity (Wildman–Crippen MR) is 117 cm³/mol. The van der Waals surface area contributed by atoms with Crippen molar-refractivity contribution in [1.82, 2.24) is 4.98 Å². The fraction of sp³-hybridized carbons (Fsp3) is 0.280. The Balaban J connectivity index is 1.67. The molecule has 1 N–H and O–H groups in total. The first-order valence-corrected chi connectivity index (χ1v) is 10.4. The van der Waals surface area contributed by atoms with E-state index in [1.54, 1.807) is 24.3 Å². The number of piperidine rings is 1. The lowest BCUT2D eigenvalue weighted by Crippen LogP contribution is -2.38. The monoisotopic (exact) mass is 402 g/mol. The Hall–Kier alpha value is -3.21. The van der Waals surface area contributed by atoms with Crippen molar-refractivity contribution >= 4 is 34.2 Å². The second kappa shape index (κ2) is 7.24. The third-order valence-corrected chi connectivity index (χ3v) is 6.27. The van der Waals surface area contributed by atoms with E-state index in [2.05, 4.69) is 24.0 Å². The first-order chi connectivity index (χ1) is 14.5. The van der Waals surface area contributed by atoms with E-state index in [0.29, 0.717) is 12.5 Å². The van der Waals surface area contributed by atoms with Crippen molar-refractivity contribution in [2.45, 2.75) is 38.6 Å². The van der Waals surface area contributed by atoms with Gasteiger partial charge in [-0.2, -0.15) is 0 Å². The number of allylic oxidation sites excluding steroid dienone is 1. The van der Waals surface area contributed by atoms with E-state index in [4.69, 9.17) is 4.98 Å². The van der Waals surface area contributed by atoms with Crippen LogP contribution >= 0.6 is 0 Å². The van der Waals surface area contributed by atoms with Crippen LogP contribution in [0, 0.1) is 5.82 Å². The Morgan fingerprint density at radius 1 is 1.17 bits per heavy atom. The summed E-state index contributed by atoms with van der Waals surface area (Å²) >= 11 is 0. The molecule has 2 aromatic carbocycles. The third-order valence-electron chi connectivity index (χ3n) is 6.27. The summed E-state index contributed by atoms with van der Waals surface area (Å²) < 4.78 is 13.7. The number of nitrogens with zero attached hydrogens (tertiary/aromatic N) is 2. The van der Waals surface area contributed by atoms with E-state index < -0.39 is 5.97 Å². The molecule has 0 spiro atoms. The average Bonchev–Trinajstić information content (AvgIpc) is 3.15. The summed E-state index contributed by atoms with van der Waals surface area (Å²) in [5, 5.41) is 10.2. The van der Waals surface area contributed by atoms with Gasteiger partial charge in [0.1, 0.15) is 5.82 Å². The topological polar surface area (TPSA) is 53.4 Å². The number of carboxylic acid groups (broad SMARTS) is 1. The SMILES string of the molecule is C[C@H]1CCCCN1c1cc2cc(C(=O)O)ccc2nc1C1=Cc2ccc(F)cc2C1. The molecule has 5 rings (SSSR count). The molecule has 1 aliphatic carbocycles. The Morgan fingerprint density at radius 3 is 2.83 bits per heavy atom. The highest BCUT2D eigenvalue weighted by Crippen LogP contribution is 2.39. The lowest BCUT2D eigenvalue weighted by atomic mass is 9.98. The number of benzene rings is 2. The molecule has 1 aromatic heterocycles. The molecular weight excluding hydrogens is 379 g/mol. The molecule has 0 saturated carbocycles. The number of hydrogen-bond donors (Lipinski definition) is 1. The number of fused-ring (bicyclic) bond motifs is 2. The quantitative estimate of drug-likeness (QED) is 0.624. The fourth-order valence-electron chi connectivity index (χ4n) is 4.67. The normalized spacial score (nSPS) is 18.4. The van der Waals surface area contributed by atoms with Crippen LogP contribution in [0.4, 0.5) is 10.1 Å². The molecule has 4 nitrogen and oxygen atoms in total. The van der Waals surface area contributed by atoms with Crippen molar-refractivity contribution in [3.05, 3.63) is 70.7 Å². The Kier molecular flexibility index (Phi) is 4.54. The van der Waals surface area contributed by atoms with Gasteiger partial charge in [-0.15, -0.1) is 0 Å². The molecule has 0 bridgehead atoms. The number of anilines is 1. The molecule has 2 aliphatic rings. The van der Waals surface area contributed by atoms with Crippen LogP contribution in [0.3, 0.4) is 0 Å². The molecule has 3 aromatic rings. The van der Waals surface area contributed by atoms with Gasteiger partial charge >= 0.3 is 5.97 Å². The number of aromatic nitrogens is 1. The molecule has 1 fully saturated rings. The predicted octanol–water partition coefficient (Wildman–Crippen LogP) is 5.55.